The number of nitrogens with one attached hydrogen (secondary N) is 1. The lowest BCUT2D eigenvalue weighted by Gasteiger charge is -2.20. The molecule has 0 atom stereocenters. The van der Waals surface area contributed by atoms with E-state index >= 15 is 0 Å². The van der Waals surface area contributed by atoms with Gasteiger partial charge in [-0.1, -0.05) is 6.07 Å². The van der Waals surface area contributed by atoms with E-state index in [9.17, 15) is 13.2 Å². The number of anilines is 2. The summed E-state index contributed by atoms with van der Waals surface area (Å²) in [7, 11) is -0.880. The molecule has 3 aromatic carbocycles. The molecule has 0 radical (unpaired) electrons. The number of hydrogen-bond donors (Lipinski definition) is 1. The van der Waals surface area contributed by atoms with Crippen LogP contribution in [0.5, 0.6) is 17.2 Å². The van der Waals surface area contributed by atoms with Crippen molar-refractivity contribution >= 4 is 27.3 Å². The second-order valence-electron chi connectivity index (χ2n) is 7.01. The van der Waals surface area contributed by atoms with E-state index in [1.165, 1.54) is 32.4 Å². The van der Waals surface area contributed by atoms with Crippen LogP contribution in [0, 0.1) is 0 Å². The number of amides is 1. The molecule has 8 nitrogen and oxygen atoms in total. The Kier molecular flexibility index (Phi) is 5.91. The first-order chi connectivity index (χ1) is 15.4. The summed E-state index contributed by atoms with van der Waals surface area (Å²) < 4.78 is 43.5. The van der Waals surface area contributed by atoms with Crippen molar-refractivity contribution in [3.05, 3.63) is 72.3 Å². The molecule has 3 aromatic rings. The van der Waals surface area contributed by atoms with Crippen molar-refractivity contribution in [3.63, 3.8) is 0 Å². The highest BCUT2D eigenvalue weighted by atomic mass is 32.2. The van der Waals surface area contributed by atoms with Crippen molar-refractivity contribution in [2.75, 3.05) is 37.0 Å². The van der Waals surface area contributed by atoms with Crippen molar-refractivity contribution in [1.82, 2.24) is 0 Å². The van der Waals surface area contributed by atoms with Crippen molar-refractivity contribution in [3.8, 4) is 17.2 Å². The minimum atomic E-state index is -3.88. The maximum absolute atomic E-state index is 13.1. The lowest BCUT2D eigenvalue weighted by atomic mass is 10.2. The van der Waals surface area contributed by atoms with Gasteiger partial charge in [-0.2, -0.15) is 0 Å². The van der Waals surface area contributed by atoms with Gasteiger partial charge < -0.3 is 19.5 Å². The summed E-state index contributed by atoms with van der Waals surface area (Å²) in [5.74, 6) is 1.35. The SMILES string of the molecule is COc1ccc(N(C)S(=O)(=O)c2cccc(C(=O)Nc3ccc4c(c3)OCCO4)c2)cc1. The molecular weight excluding hydrogens is 432 g/mol. The summed E-state index contributed by atoms with van der Waals surface area (Å²) in [6, 6.07) is 17.6. The van der Waals surface area contributed by atoms with Crippen LogP contribution in [0.4, 0.5) is 11.4 Å². The van der Waals surface area contributed by atoms with E-state index in [2.05, 4.69) is 5.32 Å². The lowest BCUT2D eigenvalue weighted by Crippen LogP contribution is -2.26. The molecule has 1 amide bonds. The van der Waals surface area contributed by atoms with E-state index in [0.717, 1.165) is 4.31 Å². The first-order valence-corrected chi connectivity index (χ1v) is 11.3. The molecule has 0 bridgehead atoms. The summed E-state index contributed by atoms with van der Waals surface area (Å²) in [6.07, 6.45) is 0. The van der Waals surface area contributed by atoms with Crippen LogP contribution in [0.1, 0.15) is 10.4 Å². The average Bonchev–Trinajstić information content (AvgIpc) is 2.83. The molecule has 32 heavy (non-hydrogen) atoms. The van der Waals surface area contributed by atoms with Gasteiger partial charge >= 0.3 is 0 Å². The molecule has 166 valence electrons. The van der Waals surface area contributed by atoms with Gasteiger partial charge in [0.15, 0.2) is 11.5 Å². The number of fused-ring (bicyclic) bond motifs is 1. The molecule has 0 aliphatic carbocycles. The fourth-order valence-corrected chi connectivity index (χ4v) is 4.45. The Labute approximate surface area is 186 Å². The smallest absolute Gasteiger partial charge is 0.264 e. The number of methoxy groups -OCH3 is 1. The highest BCUT2D eigenvalue weighted by Gasteiger charge is 2.23. The van der Waals surface area contributed by atoms with Gasteiger partial charge in [0.1, 0.15) is 19.0 Å². The molecule has 1 aliphatic heterocycles. The van der Waals surface area contributed by atoms with Crippen molar-refractivity contribution in [2.24, 2.45) is 0 Å². The molecule has 9 heteroatoms. The average molecular weight is 455 g/mol. The summed E-state index contributed by atoms with van der Waals surface area (Å²) in [5.41, 5.74) is 1.20. The number of hydrogen-bond acceptors (Lipinski definition) is 6. The van der Waals surface area contributed by atoms with Crippen LogP contribution in [0.3, 0.4) is 0 Å². The molecule has 0 fully saturated rings. The number of carbonyl (C=O) groups is 1. The molecule has 0 spiro atoms. The van der Waals surface area contributed by atoms with Gasteiger partial charge in [-0.3, -0.25) is 9.10 Å². The molecule has 1 N–H and O–H groups in total. The first kappa shape index (κ1) is 21.5. The maximum Gasteiger partial charge on any atom is 0.264 e. The molecule has 0 unspecified atom stereocenters. The predicted molar refractivity (Wildman–Crippen MR) is 120 cm³/mol. The Hall–Kier alpha value is -3.72. The number of ether oxygens (including phenoxy) is 3. The normalized spacial score (nSPS) is 12.7. The second-order valence-corrected chi connectivity index (χ2v) is 8.98. The number of nitrogens with zero attached hydrogens (tertiary/aromatic N) is 1. The van der Waals surface area contributed by atoms with Crippen molar-refractivity contribution in [2.45, 2.75) is 4.90 Å². The highest BCUT2D eigenvalue weighted by molar-refractivity contribution is 7.92. The van der Waals surface area contributed by atoms with Crippen LogP contribution < -0.4 is 23.8 Å². The Morgan fingerprint density at radius 1 is 0.969 bits per heavy atom. The van der Waals surface area contributed by atoms with Gasteiger partial charge in [0.05, 0.1) is 17.7 Å². The Morgan fingerprint density at radius 2 is 1.69 bits per heavy atom. The number of benzene rings is 3. The first-order valence-electron chi connectivity index (χ1n) is 9.82. The van der Waals surface area contributed by atoms with Crippen LogP contribution in [-0.2, 0) is 10.0 Å². The summed E-state index contributed by atoms with van der Waals surface area (Å²) in [6.45, 7) is 0.914. The van der Waals surface area contributed by atoms with Crippen molar-refractivity contribution in [1.29, 1.82) is 0 Å². The van der Waals surface area contributed by atoms with E-state index in [1.54, 1.807) is 48.5 Å². The van der Waals surface area contributed by atoms with Gasteiger partial charge in [-0.05, 0) is 54.6 Å². The molecule has 0 aromatic heterocycles. The van der Waals surface area contributed by atoms with E-state index in [1.807, 2.05) is 0 Å². The monoisotopic (exact) mass is 454 g/mol. The van der Waals surface area contributed by atoms with Crippen LogP contribution >= 0.6 is 0 Å². The quantitative estimate of drug-likeness (QED) is 0.612. The van der Waals surface area contributed by atoms with Crippen molar-refractivity contribution < 1.29 is 27.4 Å². The molecular formula is C23H22N2O6S. The largest absolute Gasteiger partial charge is 0.497 e. The molecule has 0 saturated carbocycles. The lowest BCUT2D eigenvalue weighted by molar-refractivity contribution is 0.102. The predicted octanol–water partition coefficient (Wildman–Crippen LogP) is 3.54. The van der Waals surface area contributed by atoms with Gasteiger partial charge in [0, 0.05) is 24.4 Å². The Balaban J connectivity index is 1.54. The fourth-order valence-electron chi connectivity index (χ4n) is 3.21. The molecule has 1 aliphatic rings. The Morgan fingerprint density at radius 3 is 2.41 bits per heavy atom. The van der Waals surface area contributed by atoms with Crippen LogP contribution in [0.2, 0.25) is 0 Å². The number of carbonyl (C=O) groups excluding carboxylic acids is 1. The van der Waals surface area contributed by atoms with E-state index in [4.69, 9.17) is 14.2 Å². The number of sulfonamides is 1. The van der Waals surface area contributed by atoms with Gasteiger partial charge in [0.2, 0.25) is 0 Å². The molecule has 0 saturated heterocycles. The van der Waals surface area contributed by atoms with Gasteiger partial charge in [-0.25, -0.2) is 8.42 Å². The summed E-state index contributed by atoms with van der Waals surface area (Å²) >= 11 is 0. The van der Waals surface area contributed by atoms with Crippen LogP contribution in [0.15, 0.2) is 71.6 Å². The third-order valence-corrected chi connectivity index (χ3v) is 6.77. The van der Waals surface area contributed by atoms with Gasteiger partial charge in [0.25, 0.3) is 15.9 Å². The topological polar surface area (TPSA) is 94.2 Å². The van der Waals surface area contributed by atoms with Gasteiger partial charge in [-0.15, -0.1) is 0 Å². The van der Waals surface area contributed by atoms with E-state index in [-0.39, 0.29) is 10.5 Å². The third-order valence-electron chi connectivity index (χ3n) is 4.99. The second kappa shape index (κ2) is 8.80. The maximum atomic E-state index is 13.1. The van der Waals surface area contributed by atoms with Crippen LogP contribution in [-0.4, -0.2) is 41.7 Å². The zero-order valence-electron chi connectivity index (χ0n) is 17.6. The Bertz CT molecular complexity index is 1240. The summed E-state index contributed by atoms with van der Waals surface area (Å²) in [5, 5.41) is 2.76. The fraction of sp³-hybridized carbons (Fsp3) is 0.174. The van der Waals surface area contributed by atoms with E-state index in [0.29, 0.717) is 41.8 Å². The summed E-state index contributed by atoms with van der Waals surface area (Å²) in [4.78, 5) is 12.8. The minimum Gasteiger partial charge on any atom is -0.497 e. The highest BCUT2D eigenvalue weighted by Crippen LogP contribution is 2.33. The molecule has 1 heterocycles. The third kappa shape index (κ3) is 4.33. The van der Waals surface area contributed by atoms with Crippen LogP contribution in [0.25, 0.3) is 0 Å². The standard InChI is InChI=1S/C23H22N2O6S/c1-25(18-7-9-19(29-2)10-8-18)32(27,28)20-5-3-4-16(14-20)23(26)24-17-6-11-21-22(15-17)31-13-12-30-21/h3-11,14-15H,12-13H2,1-2H3,(H,24,26). The zero-order chi connectivity index (χ0) is 22.7. The molecule has 4 rings (SSSR count). The number of rotatable bonds is 6. The van der Waals surface area contributed by atoms with E-state index < -0.39 is 15.9 Å². The zero-order valence-corrected chi connectivity index (χ0v) is 18.4. The minimum absolute atomic E-state index is 0.00522.